The lowest BCUT2D eigenvalue weighted by atomic mass is 10.1. The van der Waals surface area contributed by atoms with Crippen LogP contribution >= 0.6 is 0 Å². The maximum Gasteiger partial charge on any atom is 0.228 e. The quantitative estimate of drug-likeness (QED) is 0.752. The highest BCUT2D eigenvalue weighted by Crippen LogP contribution is 2.24. The van der Waals surface area contributed by atoms with Gasteiger partial charge in [-0.3, -0.25) is 4.79 Å². The van der Waals surface area contributed by atoms with Gasteiger partial charge in [-0.2, -0.15) is 0 Å². The van der Waals surface area contributed by atoms with E-state index in [4.69, 9.17) is 4.42 Å². The molecule has 0 fully saturated rings. The highest BCUT2D eigenvalue weighted by atomic mass is 16.3. The maximum atomic E-state index is 12.4. The van der Waals surface area contributed by atoms with E-state index in [1.807, 2.05) is 38.1 Å². The first-order valence-electron chi connectivity index (χ1n) is 7.93. The molecule has 0 atom stereocenters. The van der Waals surface area contributed by atoms with Crippen LogP contribution in [-0.2, 0) is 17.6 Å². The van der Waals surface area contributed by atoms with E-state index in [0.717, 1.165) is 39.8 Å². The molecule has 1 heterocycles. The number of para-hydroxylation sites is 1. The number of aryl methyl sites for hydroxylation is 3. The van der Waals surface area contributed by atoms with Gasteiger partial charge in [0.05, 0.1) is 12.7 Å². The van der Waals surface area contributed by atoms with Gasteiger partial charge in [0, 0.05) is 16.6 Å². The number of fused-ring (bicyclic) bond motifs is 1. The number of carbonyl (C=O) groups excluding carboxylic acids is 1. The summed E-state index contributed by atoms with van der Waals surface area (Å²) >= 11 is 0. The normalized spacial score (nSPS) is 10.9. The second-order valence-electron chi connectivity index (χ2n) is 5.94. The van der Waals surface area contributed by atoms with Crippen molar-refractivity contribution in [3.05, 3.63) is 64.9 Å². The summed E-state index contributed by atoms with van der Waals surface area (Å²) in [5, 5.41) is 4.06. The lowest BCUT2D eigenvalue weighted by Crippen LogP contribution is -2.15. The molecule has 3 nitrogen and oxygen atoms in total. The molecule has 0 bridgehead atoms. The molecule has 0 saturated heterocycles. The molecule has 0 aliphatic carbocycles. The Morgan fingerprint density at radius 3 is 2.57 bits per heavy atom. The monoisotopic (exact) mass is 307 g/mol. The fraction of sp³-hybridized carbons (Fsp3) is 0.250. The number of anilines is 1. The van der Waals surface area contributed by atoms with E-state index in [-0.39, 0.29) is 5.91 Å². The summed E-state index contributed by atoms with van der Waals surface area (Å²) < 4.78 is 5.57. The van der Waals surface area contributed by atoms with Crippen molar-refractivity contribution >= 4 is 22.6 Å². The van der Waals surface area contributed by atoms with E-state index in [0.29, 0.717) is 6.42 Å². The van der Waals surface area contributed by atoms with Crippen LogP contribution in [-0.4, -0.2) is 5.91 Å². The van der Waals surface area contributed by atoms with Crippen LogP contribution in [0.5, 0.6) is 0 Å². The average molecular weight is 307 g/mol. The molecule has 3 rings (SSSR count). The van der Waals surface area contributed by atoms with E-state index in [2.05, 4.69) is 24.4 Å². The Hall–Kier alpha value is -2.55. The smallest absolute Gasteiger partial charge is 0.228 e. The van der Waals surface area contributed by atoms with Gasteiger partial charge in [-0.1, -0.05) is 31.2 Å². The number of benzene rings is 2. The van der Waals surface area contributed by atoms with Crippen molar-refractivity contribution in [3.8, 4) is 0 Å². The predicted octanol–water partition coefficient (Wildman–Crippen LogP) is 4.79. The minimum Gasteiger partial charge on any atom is -0.464 e. The van der Waals surface area contributed by atoms with Crippen LogP contribution in [0.4, 0.5) is 5.69 Å². The molecular weight excluding hydrogens is 286 g/mol. The minimum atomic E-state index is -0.0213. The third-order valence-corrected chi connectivity index (χ3v) is 4.22. The molecule has 2 aromatic carbocycles. The third kappa shape index (κ3) is 3.14. The molecule has 118 valence electrons. The van der Waals surface area contributed by atoms with Gasteiger partial charge in [-0.25, -0.2) is 0 Å². The second kappa shape index (κ2) is 6.29. The highest BCUT2D eigenvalue weighted by Gasteiger charge is 2.12. The topological polar surface area (TPSA) is 42.2 Å². The Kier molecular flexibility index (Phi) is 4.20. The van der Waals surface area contributed by atoms with Crippen LogP contribution in [0.25, 0.3) is 11.0 Å². The molecule has 0 aliphatic heterocycles. The molecule has 3 heteroatoms. The van der Waals surface area contributed by atoms with Crippen LogP contribution in [0.2, 0.25) is 0 Å². The van der Waals surface area contributed by atoms with Crippen LogP contribution in [0.15, 0.2) is 47.1 Å². The summed E-state index contributed by atoms with van der Waals surface area (Å²) in [7, 11) is 0. The van der Waals surface area contributed by atoms with Crippen molar-refractivity contribution in [1.29, 1.82) is 0 Å². The second-order valence-corrected chi connectivity index (χ2v) is 5.94. The van der Waals surface area contributed by atoms with E-state index in [9.17, 15) is 4.79 Å². The molecule has 3 aromatic rings. The summed E-state index contributed by atoms with van der Waals surface area (Å²) in [4.78, 5) is 12.4. The zero-order valence-corrected chi connectivity index (χ0v) is 13.8. The summed E-state index contributed by atoms with van der Waals surface area (Å²) in [5.74, 6) is -0.0213. The molecular formula is C20H21NO2. The van der Waals surface area contributed by atoms with Gasteiger partial charge in [0.25, 0.3) is 0 Å². The number of hydrogen-bond acceptors (Lipinski definition) is 2. The molecule has 1 aromatic heterocycles. The molecule has 0 saturated carbocycles. The zero-order chi connectivity index (χ0) is 16.4. The zero-order valence-electron chi connectivity index (χ0n) is 13.8. The van der Waals surface area contributed by atoms with Gasteiger partial charge in [0.2, 0.25) is 5.91 Å². The molecule has 0 spiro atoms. The van der Waals surface area contributed by atoms with Gasteiger partial charge in [-0.05, 0) is 49.1 Å². The largest absolute Gasteiger partial charge is 0.464 e. The lowest BCUT2D eigenvalue weighted by molar-refractivity contribution is -0.115. The van der Waals surface area contributed by atoms with Crippen molar-refractivity contribution in [3.63, 3.8) is 0 Å². The highest BCUT2D eigenvalue weighted by molar-refractivity contribution is 5.96. The SMILES string of the molecule is CCc1ccc2occ(CC(=O)Nc3c(C)cccc3C)c2c1. The summed E-state index contributed by atoms with van der Waals surface area (Å²) in [5.41, 5.74) is 6.05. The summed E-state index contributed by atoms with van der Waals surface area (Å²) in [6, 6.07) is 12.1. The minimum absolute atomic E-state index is 0.0213. The van der Waals surface area contributed by atoms with Crippen molar-refractivity contribution in [2.24, 2.45) is 0 Å². The van der Waals surface area contributed by atoms with E-state index in [1.54, 1.807) is 6.26 Å². The molecule has 0 aliphatic rings. The Morgan fingerprint density at radius 1 is 1.13 bits per heavy atom. The summed E-state index contributed by atoms with van der Waals surface area (Å²) in [6.45, 7) is 6.13. The lowest BCUT2D eigenvalue weighted by Gasteiger charge is -2.11. The molecule has 1 N–H and O–H groups in total. The Morgan fingerprint density at radius 2 is 1.87 bits per heavy atom. The van der Waals surface area contributed by atoms with Gasteiger partial charge < -0.3 is 9.73 Å². The van der Waals surface area contributed by atoms with Gasteiger partial charge in [-0.15, -0.1) is 0 Å². The number of hydrogen-bond donors (Lipinski definition) is 1. The molecule has 0 unspecified atom stereocenters. The fourth-order valence-electron chi connectivity index (χ4n) is 2.85. The van der Waals surface area contributed by atoms with Crippen molar-refractivity contribution in [2.45, 2.75) is 33.6 Å². The standard InChI is InChI=1S/C20H21NO2/c1-4-15-8-9-18-17(10-15)16(12-23-18)11-19(22)21-20-13(2)6-5-7-14(20)3/h5-10,12H,4,11H2,1-3H3,(H,21,22). The predicted molar refractivity (Wildman–Crippen MR) is 93.8 cm³/mol. The van der Waals surface area contributed by atoms with E-state index >= 15 is 0 Å². The Labute approximate surface area is 136 Å². The van der Waals surface area contributed by atoms with Crippen molar-refractivity contribution in [1.82, 2.24) is 0 Å². The number of carbonyl (C=O) groups is 1. The van der Waals surface area contributed by atoms with Crippen LogP contribution in [0, 0.1) is 13.8 Å². The van der Waals surface area contributed by atoms with E-state index < -0.39 is 0 Å². The van der Waals surface area contributed by atoms with Crippen LogP contribution in [0.3, 0.4) is 0 Å². The number of rotatable bonds is 4. The first kappa shape index (κ1) is 15.3. The summed E-state index contributed by atoms with van der Waals surface area (Å²) in [6.07, 6.45) is 2.97. The van der Waals surface area contributed by atoms with Gasteiger partial charge >= 0.3 is 0 Å². The first-order chi connectivity index (χ1) is 11.1. The Bertz CT molecular complexity index is 841. The maximum absolute atomic E-state index is 12.4. The Balaban J connectivity index is 1.83. The van der Waals surface area contributed by atoms with Crippen molar-refractivity contribution < 1.29 is 9.21 Å². The average Bonchev–Trinajstić information content (AvgIpc) is 2.93. The number of furan rings is 1. The molecule has 23 heavy (non-hydrogen) atoms. The molecule has 1 amide bonds. The van der Waals surface area contributed by atoms with Crippen LogP contribution < -0.4 is 5.32 Å². The first-order valence-corrected chi connectivity index (χ1v) is 7.93. The van der Waals surface area contributed by atoms with E-state index in [1.165, 1.54) is 5.56 Å². The van der Waals surface area contributed by atoms with Crippen molar-refractivity contribution in [2.75, 3.05) is 5.32 Å². The van der Waals surface area contributed by atoms with Gasteiger partial charge in [0.15, 0.2) is 0 Å². The molecule has 0 radical (unpaired) electrons. The third-order valence-electron chi connectivity index (χ3n) is 4.22. The number of nitrogens with one attached hydrogen (secondary N) is 1. The van der Waals surface area contributed by atoms with Gasteiger partial charge in [0.1, 0.15) is 5.58 Å². The number of amides is 1. The fourth-order valence-corrected chi connectivity index (χ4v) is 2.85. The van der Waals surface area contributed by atoms with Crippen LogP contribution in [0.1, 0.15) is 29.2 Å².